The van der Waals surface area contributed by atoms with Crippen molar-refractivity contribution in [3.05, 3.63) is 102 Å². The van der Waals surface area contributed by atoms with Gasteiger partial charge < -0.3 is 21.1 Å². The number of nitrogens with one attached hydrogen (secondary N) is 2. The molecule has 3 heterocycles. The van der Waals surface area contributed by atoms with Crippen LogP contribution in [0.2, 0.25) is 0 Å². The number of ether oxygens (including phenoxy) is 1. The lowest BCUT2D eigenvalue weighted by molar-refractivity contribution is -0.127. The number of carbonyl (C=O) groups excluding carboxylic acids is 1. The highest BCUT2D eigenvalue weighted by molar-refractivity contribution is 5.93. The molecule has 0 fully saturated rings. The van der Waals surface area contributed by atoms with Crippen molar-refractivity contribution in [2.45, 2.75) is 44.4 Å². The van der Waals surface area contributed by atoms with Crippen molar-refractivity contribution in [3.63, 3.8) is 0 Å². The van der Waals surface area contributed by atoms with Crippen LogP contribution < -0.4 is 21.1 Å². The molecule has 13 heteroatoms. The van der Waals surface area contributed by atoms with Gasteiger partial charge in [0.05, 0.1) is 41.6 Å². The van der Waals surface area contributed by atoms with Gasteiger partial charge in [-0.3, -0.25) is 4.99 Å². The molecule has 2 aliphatic rings. The lowest BCUT2D eigenvalue weighted by Gasteiger charge is -2.20. The number of dihydropyridines is 1. The minimum absolute atomic E-state index is 0.0144. The number of aromatic nitrogens is 3. The molecule has 0 saturated heterocycles. The van der Waals surface area contributed by atoms with E-state index in [1.807, 2.05) is 42.5 Å². The van der Waals surface area contributed by atoms with E-state index in [9.17, 15) is 18.0 Å². The highest BCUT2D eigenvalue weighted by Gasteiger charge is 2.28. The van der Waals surface area contributed by atoms with Gasteiger partial charge in [0.25, 0.3) is 0 Å². The Morgan fingerprint density at radius 3 is 2.70 bits per heavy atom. The van der Waals surface area contributed by atoms with Crippen LogP contribution in [0.1, 0.15) is 35.6 Å². The van der Waals surface area contributed by atoms with Crippen molar-refractivity contribution in [2.75, 3.05) is 5.32 Å². The lowest BCUT2D eigenvalue weighted by atomic mass is 9.95. The van der Waals surface area contributed by atoms with E-state index in [-0.39, 0.29) is 23.3 Å². The van der Waals surface area contributed by atoms with E-state index in [2.05, 4.69) is 30.9 Å². The third-order valence-electron chi connectivity index (χ3n) is 6.53. The average molecular weight is 591 g/mol. The summed E-state index contributed by atoms with van der Waals surface area (Å²) in [6.07, 6.45) is 7.41. The summed E-state index contributed by atoms with van der Waals surface area (Å²) in [5.74, 6) is 1.02. The van der Waals surface area contributed by atoms with Crippen LogP contribution in [0, 0.1) is 6.92 Å². The SMILES string of the molecule is Cc1cn(-c2ccc(CC(F)(F)F)cc2NC(=O)NC2=CN=C(Oc3ccc(C4C=CC=NC4N)cc3)CCC=C2)nn1. The number of rotatable bonds is 6. The number of anilines is 1. The van der Waals surface area contributed by atoms with Crippen molar-refractivity contribution < 1.29 is 22.7 Å². The van der Waals surface area contributed by atoms with Gasteiger partial charge in [0.1, 0.15) is 11.9 Å². The first kappa shape index (κ1) is 29.5. The minimum Gasteiger partial charge on any atom is -0.443 e. The van der Waals surface area contributed by atoms with Gasteiger partial charge in [-0.05, 0) is 60.9 Å². The molecule has 2 unspecified atom stereocenters. The van der Waals surface area contributed by atoms with Gasteiger partial charge in [0.15, 0.2) is 5.90 Å². The van der Waals surface area contributed by atoms with Crippen LogP contribution >= 0.6 is 0 Å². The summed E-state index contributed by atoms with van der Waals surface area (Å²) in [5, 5.41) is 13.2. The normalized spacial score (nSPS) is 18.3. The standard InChI is InChI=1S/C30H29F3N8O2/c1-19-18-41(40-39-19)26-13-8-20(16-30(31,32)33)15-25(26)38-29(42)37-22-5-2-3-7-27(36-17-22)43-23-11-9-21(10-12-23)24-6-4-14-35-28(24)34/h2,4-6,8-15,17-18,24,28H,3,7,16,34H2,1H3,(H2,37,38,42). The molecular formula is C30H29F3N8O2. The number of amides is 2. The Morgan fingerprint density at radius 2 is 1.98 bits per heavy atom. The van der Waals surface area contributed by atoms with E-state index in [1.165, 1.54) is 29.1 Å². The summed E-state index contributed by atoms with van der Waals surface area (Å²) < 4.78 is 46.5. The predicted octanol–water partition coefficient (Wildman–Crippen LogP) is 5.48. The minimum atomic E-state index is -4.41. The Morgan fingerprint density at radius 1 is 1.16 bits per heavy atom. The van der Waals surface area contributed by atoms with Crippen molar-refractivity contribution >= 4 is 23.8 Å². The van der Waals surface area contributed by atoms with Gasteiger partial charge in [-0.1, -0.05) is 35.6 Å². The molecule has 0 saturated carbocycles. The highest BCUT2D eigenvalue weighted by Crippen LogP contribution is 2.28. The number of carbonyl (C=O) groups is 1. The molecule has 2 aromatic carbocycles. The number of aryl methyl sites for hydroxylation is 1. The summed E-state index contributed by atoms with van der Waals surface area (Å²) in [5.41, 5.74) is 8.54. The zero-order chi connectivity index (χ0) is 30.4. The van der Waals surface area contributed by atoms with E-state index in [0.29, 0.717) is 41.6 Å². The van der Waals surface area contributed by atoms with Gasteiger partial charge in [-0.25, -0.2) is 14.5 Å². The number of halogens is 3. The van der Waals surface area contributed by atoms with Crippen LogP contribution in [-0.2, 0) is 6.42 Å². The van der Waals surface area contributed by atoms with E-state index < -0.39 is 18.6 Å². The van der Waals surface area contributed by atoms with Gasteiger partial charge in [0, 0.05) is 18.6 Å². The largest absolute Gasteiger partial charge is 0.443 e. The first-order chi connectivity index (χ1) is 20.6. The molecule has 0 bridgehead atoms. The predicted molar refractivity (Wildman–Crippen MR) is 157 cm³/mol. The monoisotopic (exact) mass is 590 g/mol. The number of hydrogen-bond acceptors (Lipinski definition) is 7. The second-order valence-electron chi connectivity index (χ2n) is 9.95. The molecule has 2 amide bonds. The van der Waals surface area contributed by atoms with E-state index in [0.717, 1.165) is 5.56 Å². The highest BCUT2D eigenvalue weighted by atomic mass is 19.4. The summed E-state index contributed by atoms with van der Waals surface area (Å²) in [7, 11) is 0. The van der Waals surface area contributed by atoms with Crippen LogP contribution in [0.3, 0.4) is 0 Å². The molecule has 5 rings (SSSR count). The van der Waals surface area contributed by atoms with Crippen LogP contribution in [0.5, 0.6) is 5.75 Å². The molecule has 3 aromatic rings. The number of nitrogens with two attached hydrogens (primary N) is 1. The Balaban J connectivity index is 1.28. The second-order valence-corrected chi connectivity index (χ2v) is 9.95. The number of allylic oxidation sites excluding steroid dienone is 3. The Labute approximate surface area is 245 Å². The molecule has 0 spiro atoms. The second kappa shape index (κ2) is 12.9. The Kier molecular flexibility index (Phi) is 8.81. The number of alkyl halides is 3. The van der Waals surface area contributed by atoms with Crippen LogP contribution in [0.4, 0.5) is 23.7 Å². The quantitative estimate of drug-likeness (QED) is 0.350. The van der Waals surface area contributed by atoms with Gasteiger partial charge >= 0.3 is 12.2 Å². The Hall–Kier alpha value is -5.04. The van der Waals surface area contributed by atoms with Gasteiger partial charge in [-0.2, -0.15) is 13.2 Å². The van der Waals surface area contributed by atoms with Crippen molar-refractivity contribution in [2.24, 2.45) is 15.7 Å². The van der Waals surface area contributed by atoms with Crippen molar-refractivity contribution in [1.82, 2.24) is 20.3 Å². The maximum Gasteiger partial charge on any atom is 0.393 e. The smallest absolute Gasteiger partial charge is 0.393 e. The lowest BCUT2D eigenvalue weighted by Crippen LogP contribution is -2.28. The summed E-state index contributed by atoms with van der Waals surface area (Å²) in [4.78, 5) is 21.6. The average Bonchev–Trinajstić information content (AvgIpc) is 3.38. The number of benzene rings is 2. The zero-order valence-electron chi connectivity index (χ0n) is 23.1. The maximum atomic E-state index is 13.0. The fourth-order valence-corrected chi connectivity index (χ4v) is 4.52. The van der Waals surface area contributed by atoms with Crippen molar-refractivity contribution in [1.29, 1.82) is 0 Å². The maximum absolute atomic E-state index is 13.0. The molecule has 222 valence electrons. The zero-order valence-corrected chi connectivity index (χ0v) is 23.1. The molecule has 0 radical (unpaired) electrons. The Bertz CT molecular complexity index is 1620. The summed E-state index contributed by atoms with van der Waals surface area (Å²) in [6, 6.07) is 10.9. The first-order valence-electron chi connectivity index (χ1n) is 13.5. The fraction of sp³-hybridized carbons (Fsp3) is 0.233. The third kappa shape index (κ3) is 8.04. The molecule has 0 aliphatic carbocycles. The van der Waals surface area contributed by atoms with Gasteiger partial charge in [-0.15, -0.1) is 5.10 Å². The molecule has 43 heavy (non-hydrogen) atoms. The molecular weight excluding hydrogens is 561 g/mol. The topological polar surface area (TPSA) is 132 Å². The summed E-state index contributed by atoms with van der Waals surface area (Å²) >= 11 is 0. The van der Waals surface area contributed by atoms with Crippen LogP contribution in [0.25, 0.3) is 5.69 Å². The van der Waals surface area contributed by atoms with E-state index in [4.69, 9.17) is 10.5 Å². The van der Waals surface area contributed by atoms with E-state index in [1.54, 1.807) is 25.4 Å². The number of hydrogen-bond donors (Lipinski definition) is 3. The molecule has 10 nitrogen and oxygen atoms in total. The van der Waals surface area contributed by atoms with Crippen LogP contribution in [-0.4, -0.2) is 45.5 Å². The van der Waals surface area contributed by atoms with Crippen LogP contribution in [0.15, 0.2) is 94.8 Å². The molecule has 4 N–H and O–H groups in total. The molecule has 2 atom stereocenters. The number of urea groups is 1. The number of nitrogens with zero attached hydrogens (tertiary/aromatic N) is 5. The summed E-state index contributed by atoms with van der Waals surface area (Å²) in [6.45, 7) is 1.72. The fourth-order valence-electron chi connectivity index (χ4n) is 4.52. The third-order valence-corrected chi connectivity index (χ3v) is 6.53. The molecule has 1 aromatic heterocycles. The first-order valence-corrected chi connectivity index (χ1v) is 13.5. The van der Waals surface area contributed by atoms with Crippen molar-refractivity contribution in [3.8, 4) is 11.4 Å². The number of aliphatic imine (C=N–C) groups is 2. The van der Waals surface area contributed by atoms with E-state index >= 15 is 0 Å². The molecule has 2 aliphatic heterocycles. The van der Waals surface area contributed by atoms with Gasteiger partial charge in [0.2, 0.25) is 0 Å².